The average molecular weight is 260 g/mol. The molecular weight excluding hydrogens is 236 g/mol. The fourth-order valence-corrected chi connectivity index (χ4v) is 1.93. The number of nitrogens with zero attached hydrogens (tertiary/aromatic N) is 1. The minimum absolute atomic E-state index is 0.0311. The van der Waals surface area contributed by atoms with E-state index in [9.17, 15) is 0 Å². The maximum atomic E-state index is 9.03. The molecule has 3 nitrogen and oxygen atoms in total. The summed E-state index contributed by atoms with van der Waals surface area (Å²) in [6.07, 6.45) is 0. The van der Waals surface area contributed by atoms with Gasteiger partial charge in [0.25, 0.3) is 0 Å². The van der Waals surface area contributed by atoms with Crippen molar-refractivity contribution in [2.75, 3.05) is 13.2 Å². The lowest BCUT2D eigenvalue weighted by molar-refractivity contribution is 0.284. The van der Waals surface area contributed by atoms with E-state index < -0.39 is 0 Å². The number of hydrogen-bond acceptors (Lipinski definition) is 3. The van der Waals surface area contributed by atoms with Gasteiger partial charge in [0.1, 0.15) is 18.4 Å². The molecule has 1 N–H and O–H groups in total. The molecule has 0 fully saturated rings. The van der Waals surface area contributed by atoms with E-state index in [0.29, 0.717) is 6.61 Å². The van der Waals surface area contributed by atoms with Crippen molar-refractivity contribution in [3.05, 3.63) is 29.3 Å². The zero-order valence-corrected chi connectivity index (χ0v) is 12.6. The Bertz CT molecular complexity index is 455. The molecule has 0 spiro atoms. The second kappa shape index (κ2) is 6.58. The highest BCUT2D eigenvalue weighted by molar-refractivity contribution is 5.41. The summed E-state index contributed by atoms with van der Waals surface area (Å²) in [6.45, 7) is 11.7. The highest BCUT2D eigenvalue weighted by atomic mass is 16.5. The molecule has 1 atom stereocenters. The smallest absolute Gasteiger partial charge is 0.130 e. The van der Waals surface area contributed by atoms with Crippen molar-refractivity contribution >= 4 is 0 Å². The van der Waals surface area contributed by atoms with E-state index >= 15 is 0 Å². The molecule has 0 saturated carbocycles. The first-order valence-corrected chi connectivity index (χ1v) is 6.75. The molecule has 1 rings (SSSR count). The largest absolute Gasteiger partial charge is 0.491 e. The maximum Gasteiger partial charge on any atom is 0.130 e. The lowest BCUT2D eigenvalue weighted by Crippen LogP contribution is -2.33. The standard InChI is InChI=1S/C16H24N2O/c1-6-18-13(10-17)11-19-15-9-12(2)7-8-14(15)16(3,4)5/h7-9,13,18H,6,11H2,1-5H3. The molecule has 0 saturated heterocycles. The minimum Gasteiger partial charge on any atom is -0.491 e. The van der Waals surface area contributed by atoms with Crippen LogP contribution in [0.2, 0.25) is 0 Å². The van der Waals surface area contributed by atoms with Crippen LogP contribution in [0.3, 0.4) is 0 Å². The van der Waals surface area contributed by atoms with Gasteiger partial charge in [-0.15, -0.1) is 0 Å². The van der Waals surface area contributed by atoms with Crippen LogP contribution in [-0.2, 0) is 5.41 Å². The summed E-state index contributed by atoms with van der Waals surface area (Å²) in [4.78, 5) is 0. The topological polar surface area (TPSA) is 45.0 Å². The fourth-order valence-electron chi connectivity index (χ4n) is 1.93. The van der Waals surface area contributed by atoms with Crippen molar-refractivity contribution in [3.8, 4) is 11.8 Å². The Morgan fingerprint density at radius 2 is 2.05 bits per heavy atom. The number of nitrogens with one attached hydrogen (secondary N) is 1. The SMILES string of the molecule is CCNC(C#N)COc1cc(C)ccc1C(C)(C)C. The van der Waals surface area contributed by atoms with E-state index in [2.05, 4.69) is 44.3 Å². The van der Waals surface area contributed by atoms with Gasteiger partial charge in [-0.3, -0.25) is 5.32 Å². The predicted octanol–water partition coefficient (Wildman–Crippen LogP) is 3.17. The van der Waals surface area contributed by atoms with E-state index in [1.165, 1.54) is 11.1 Å². The van der Waals surface area contributed by atoms with E-state index in [4.69, 9.17) is 10.00 Å². The van der Waals surface area contributed by atoms with Gasteiger partial charge in [0.05, 0.1) is 6.07 Å². The van der Waals surface area contributed by atoms with Crippen molar-refractivity contribution in [2.45, 2.75) is 46.1 Å². The molecule has 0 heterocycles. The molecular formula is C16H24N2O. The third-order valence-electron chi connectivity index (χ3n) is 2.96. The number of nitriles is 1. The Hall–Kier alpha value is -1.53. The first-order chi connectivity index (χ1) is 8.88. The highest BCUT2D eigenvalue weighted by Gasteiger charge is 2.19. The van der Waals surface area contributed by atoms with Crippen LogP contribution in [0.15, 0.2) is 18.2 Å². The molecule has 0 amide bonds. The first-order valence-electron chi connectivity index (χ1n) is 6.75. The Kier molecular flexibility index (Phi) is 5.38. The van der Waals surface area contributed by atoms with E-state index in [0.717, 1.165) is 12.3 Å². The maximum absolute atomic E-state index is 9.03. The van der Waals surface area contributed by atoms with Crippen LogP contribution in [0.25, 0.3) is 0 Å². The normalized spacial score (nSPS) is 12.8. The summed E-state index contributed by atoms with van der Waals surface area (Å²) >= 11 is 0. The van der Waals surface area contributed by atoms with E-state index in [-0.39, 0.29) is 11.5 Å². The molecule has 1 aromatic carbocycles. The molecule has 1 aromatic rings. The Balaban J connectivity index is 2.88. The van der Waals surface area contributed by atoms with Crippen molar-refractivity contribution in [2.24, 2.45) is 0 Å². The average Bonchev–Trinajstić information content (AvgIpc) is 2.33. The van der Waals surface area contributed by atoms with Gasteiger partial charge < -0.3 is 4.74 Å². The Morgan fingerprint density at radius 1 is 1.37 bits per heavy atom. The van der Waals surface area contributed by atoms with Crippen molar-refractivity contribution in [1.82, 2.24) is 5.32 Å². The minimum atomic E-state index is -0.265. The Morgan fingerprint density at radius 3 is 2.58 bits per heavy atom. The zero-order chi connectivity index (χ0) is 14.5. The molecule has 104 valence electrons. The van der Waals surface area contributed by atoms with Gasteiger partial charge >= 0.3 is 0 Å². The molecule has 0 radical (unpaired) electrons. The summed E-state index contributed by atoms with van der Waals surface area (Å²) in [7, 11) is 0. The van der Waals surface area contributed by atoms with Crippen molar-refractivity contribution in [1.29, 1.82) is 5.26 Å². The molecule has 1 unspecified atom stereocenters. The van der Waals surface area contributed by atoms with Crippen molar-refractivity contribution in [3.63, 3.8) is 0 Å². The second-order valence-corrected chi connectivity index (χ2v) is 5.80. The van der Waals surface area contributed by atoms with Crippen LogP contribution in [0.5, 0.6) is 5.75 Å². The van der Waals surface area contributed by atoms with Gasteiger partial charge in [0.2, 0.25) is 0 Å². The molecule has 19 heavy (non-hydrogen) atoms. The third kappa shape index (κ3) is 4.57. The summed E-state index contributed by atoms with van der Waals surface area (Å²) < 4.78 is 5.87. The Labute approximate surface area is 116 Å². The van der Waals surface area contributed by atoms with Crippen LogP contribution >= 0.6 is 0 Å². The zero-order valence-electron chi connectivity index (χ0n) is 12.6. The number of aryl methyl sites for hydroxylation is 1. The monoisotopic (exact) mass is 260 g/mol. The van der Waals surface area contributed by atoms with Crippen LogP contribution in [0.1, 0.15) is 38.8 Å². The van der Waals surface area contributed by atoms with Gasteiger partial charge in [0, 0.05) is 0 Å². The van der Waals surface area contributed by atoms with E-state index in [1.807, 2.05) is 19.9 Å². The summed E-state index contributed by atoms with van der Waals surface area (Å²) in [5.74, 6) is 0.880. The number of rotatable bonds is 5. The lowest BCUT2D eigenvalue weighted by Gasteiger charge is -2.24. The van der Waals surface area contributed by atoms with Gasteiger partial charge in [-0.25, -0.2) is 0 Å². The molecule has 0 aromatic heterocycles. The lowest BCUT2D eigenvalue weighted by atomic mass is 9.86. The molecule has 3 heteroatoms. The van der Waals surface area contributed by atoms with Crippen molar-refractivity contribution < 1.29 is 4.74 Å². The van der Waals surface area contributed by atoms with Crippen LogP contribution in [0.4, 0.5) is 0 Å². The van der Waals surface area contributed by atoms with Crippen LogP contribution in [0, 0.1) is 18.3 Å². The molecule has 0 aliphatic carbocycles. The molecule has 0 aliphatic rings. The predicted molar refractivity (Wildman–Crippen MR) is 78.5 cm³/mol. The second-order valence-electron chi connectivity index (χ2n) is 5.80. The van der Waals surface area contributed by atoms with Gasteiger partial charge in [-0.2, -0.15) is 5.26 Å². The van der Waals surface area contributed by atoms with Gasteiger partial charge in [-0.05, 0) is 36.1 Å². The number of ether oxygens (including phenoxy) is 1. The van der Waals surface area contributed by atoms with Crippen LogP contribution < -0.4 is 10.1 Å². The fraction of sp³-hybridized carbons (Fsp3) is 0.562. The van der Waals surface area contributed by atoms with Gasteiger partial charge in [-0.1, -0.05) is 39.8 Å². The summed E-state index contributed by atoms with van der Waals surface area (Å²) in [5.41, 5.74) is 2.37. The molecule has 0 aliphatic heterocycles. The van der Waals surface area contributed by atoms with Gasteiger partial charge in [0.15, 0.2) is 0 Å². The number of benzene rings is 1. The number of likely N-dealkylation sites (N-methyl/N-ethyl adjacent to an activating group) is 1. The molecule has 0 bridgehead atoms. The number of hydrogen-bond donors (Lipinski definition) is 1. The third-order valence-corrected chi connectivity index (χ3v) is 2.96. The first kappa shape index (κ1) is 15.5. The highest BCUT2D eigenvalue weighted by Crippen LogP contribution is 2.32. The summed E-state index contributed by atoms with van der Waals surface area (Å²) in [5, 5.41) is 12.1. The van der Waals surface area contributed by atoms with Crippen LogP contribution in [-0.4, -0.2) is 19.2 Å². The summed E-state index contributed by atoms with van der Waals surface area (Å²) in [6, 6.07) is 8.19. The van der Waals surface area contributed by atoms with E-state index in [1.54, 1.807) is 0 Å². The quantitative estimate of drug-likeness (QED) is 0.884.